The van der Waals surface area contributed by atoms with Crippen molar-refractivity contribution in [1.82, 2.24) is 10.3 Å². The van der Waals surface area contributed by atoms with Gasteiger partial charge in [0.1, 0.15) is 4.92 Å². The summed E-state index contributed by atoms with van der Waals surface area (Å²) in [4.78, 5) is 22.4. The number of nitrogens with one attached hydrogen (secondary N) is 1. The fraction of sp³-hybridized carbons (Fsp3) is 0.750. The largest absolute Gasteiger partial charge is 0.522 e. The maximum absolute atomic E-state index is 12.0. The Labute approximate surface area is 111 Å². The SMILES string of the molecule is CC1(C)OCC([N+](=O)[O-])([N+](=O)Nc2nonc2N)CO1. The second kappa shape index (κ2) is 4.64. The van der Waals surface area contributed by atoms with Crippen molar-refractivity contribution < 1.29 is 23.9 Å². The lowest BCUT2D eigenvalue weighted by Crippen LogP contribution is -2.62. The zero-order valence-corrected chi connectivity index (χ0v) is 10.7. The molecule has 12 nitrogen and oxygen atoms in total. The third-order valence-corrected chi connectivity index (χ3v) is 2.74. The van der Waals surface area contributed by atoms with E-state index in [0.29, 0.717) is 0 Å². The van der Waals surface area contributed by atoms with Gasteiger partial charge in [0.05, 0.1) is 4.91 Å². The highest BCUT2D eigenvalue weighted by molar-refractivity contribution is 5.51. The summed E-state index contributed by atoms with van der Waals surface area (Å²) >= 11 is 0. The van der Waals surface area contributed by atoms with Gasteiger partial charge in [0.15, 0.2) is 19.0 Å². The Bertz CT molecular complexity index is 531. The van der Waals surface area contributed by atoms with E-state index in [1.807, 2.05) is 0 Å². The highest BCUT2D eigenvalue weighted by Crippen LogP contribution is 2.27. The number of hydrogen-bond donors (Lipinski definition) is 2. The molecule has 1 aromatic rings. The maximum Gasteiger partial charge on any atom is 0.522 e. The van der Waals surface area contributed by atoms with Crippen LogP contribution in [0.3, 0.4) is 0 Å². The number of rotatable bonds is 4. The summed E-state index contributed by atoms with van der Waals surface area (Å²) in [6.07, 6.45) is 0. The van der Waals surface area contributed by atoms with Crippen molar-refractivity contribution in [2.75, 3.05) is 24.4 Å². The van der Waals surface area contributed by atoms with Gasteiger partial charge < -0.3 is 15.2 Å². The Morgan fingerprint density at radius 2 is 1.90 bits per heavy atom. The molecule has 0 amide bonds. The van der Waals surface area contributed by atoms with Gasteiger partial charge in [-0.3, -0.25) is 10.1 Å². The number of hydrazine groups is 1. The monoisotopic (exact) mass is 289 g/mol. The van der Waals surface area contributed by atoms with Gasteiger partial charge in [-0.2, -0.15) is 0 Å². The molecule has 0 bridgehead atoms. The Kier molecular flexibility index (Phi) is 3.27. The first kappa shape index (κ1) is 14.1. The molecule has 1 aromatic heterocycles. The zero-order chi connectivity index (χ0) is 15.0. The fourth-order valence-electron chi connectivity index (χ4n) is 1.43. The molecule has 1 aliphatic rings. The lowest BCUT2D eigenvalue weighted by Gasteiger charge is -2.32. The van der Waals surface area contributed by atoms with Crippen molar-refractivity contribution in [3.63, 3.8) is 0 Å². The molecule has 0 saturated carbocycles. The molecule has 0 aliphatic carbocycles. The number of aromatic nitrogens is 2. The van der Waals surface area contributed by atoms with Crippen LogP contribution in [0.2, 0.25) is 0 Å². The number of nitro groups is 1. The molecule has 1 saturated heterocycles. The van der Waals surface area contributed by atoms with Crippen molar-refractivity contribution in [3.05, 3.63) is 15.0 Å². The quantitative estimate of drug-likeness (QED) is 0.320. The summed E-state index contributed by atoms with van der Waals surface area (Å²) in [6, 6.07) is 0. The molecule has 0 atom stereocenters. The molecule has 0 aromatic carbocycles. The number of nitrogens with zero attached hydrogens (tertiary/aromatic N) is 4. The summed E-state index contributed by atoms with van der Waals surface area (Å²) in [6.45, 7) is 2.21. The van der Waals surface area contributed by atoms with E-state index in [1.54, 1.807) is 13.8 Å². The van der Waals surface area contributed by atoms with Gasteiger partial charge in [-0.25, -0.2) is 4.63 Å². The molecule has 0 radical (unpaired) electrons. The topological polar surface area (TPSA) is 159 Å². The van der Waals surface area contributed by atoms with Crippen molar-refractivity contribution in [1.29, 1.82) is 0 Å². The Hall–Kier alpha value is -2.34. The Morgan fingerprint density at radius 3 is 2.35 bits per heavy atom. The number of nitroso groups, excluding NO2 is 1. The first-order valence-electron chi connectivity index (χ1n) is 5.51. The molecular formula is C8H13N6O6+. The Morgan fingerprint density at radius 1 is 1.30 bits per heavy atom. The van der Waals surface area contributed by atoms with Crippen molar-refractivity contribution in [3.8, 4) is 0 Å². The van der Waals surface area contributed by atoms with Crippen molar-refractivity contribution in [2.45, 2.75) is 25.3 Å². The molecule has 110 valence electrons. The second-order valence-corrected chi connectivity index (χ2v) is 4.62. The molecule has 2 rings (SSSR count). The van der Waals surface area contributed by atoms with Crippen LogP contribution in [0.15, 0.2) is 4.63 Å². The minimum absolute atomic E-state index is 0.0435. The van der Waals surface area contributed by atoms with E-state index in [0.717, 1.165) is 0 Å². The van der Waals surface area contributed by atoms with Gasteiger partial charge in [-0.1, -0.05) is 5.43 Å². The highest BCUT2D eigenvalue weighted by atomic mass is 16.7. The average Bonchev–Trinajstić information content (AvgIpc) is 2.75. The maximum atomic E-state index is 12.0. The lowest BCUT2D eigenvalue weighted by atomic mass is 10.2. The van der Waals surface area contributed by atoms with Crippen LogP contribution in [0.5, 0.6) is 0 Å². The summed E-state index contributed by atoms with van der Waals surface area (Å²) in [5.74, 6) is -1.44. The van der Waals surface area contributed by atoms with Gasteiger partial charge in [0.2, 0.25) is 10.7 Å². The summed E-state index contributed by atoms with van der Waals surface area (Å²) < 4.78 is 14.6. The molecule has 1 fully saturated rings. The smallest absolute Gasteiger partial charge is 0.378 e. The number of nitrogen functional groups attached to an aromatic ring is 1. The molecule has 12 heteroatoms. The summed E-state index contributed by atoms with van der Waals surface area (Å²) in [5, 5.41) is 17.8. The minimum Gasteiger partial charge on any atom is -0.378 e. The van der Waals surface area contributed by atoms with E-state index in [1.165, 1.54) is 0 Å². The van der Waals surface area contributed by atoms with Gasteiger partial charge in [-0.15, -0.1) is 0 Å². The molecule has 3 N–H and O–H groups in total. The van der Waals surface area contributed by atoms with E-state index < -0.39 is 29.6 Å². The standard InChI is InChI=1S/C8H13N6O6/c1-7(2)18-3-8(4-19-7,14(16)17)13(15)10-6-5(9)11-20-12-6/h3-4H2,1-2H3,(H2,9,11)(H,10,12,15)/q+1. The Balaban J connectivity index is 2.19. The van der Waals surface area contributed by atoms with Crippen molar-refractivity contribution in [2.24, 2.45) is 0 Å². The third kappa shape index (κ3) is 2.37. The zero-order valence-electron chi connectivity index (χ0n) is 10.7. The number of nitrogens with two attached hydrogens (primary N) is 1. The predicted molar refractivity (Wildman–Crippen MR) is 61.7 cm³/mol. The fourth-order valence-corrected chi connectivity index (χ4v) is 1.43. The normalized spacial score (nSPS) is 20.3. The van der Waals surface area contributed by atoms with Crippen LogP contribution in [-0.2, 0) is 9.47 Å². The van der Waals surface area contributed by atoms with Gasteiger partial charge >= 0.3 is 5.66 Å². The number of ether oxygens (including phenoxy) is 2. The van der Waals surface area contributed by atoms with Crippen LogP contribution in [0.4, 0.5) is 11.6 Å². The minimum atomic E-state index is -2.17. The van der Waals surface area contributed by atoms with E-state index in [-0.39, 0.29) is 16.5 Å². The molecule has 20 heavy (non-hydrogen) atoms. The molecule has 1 aliphatic heterocycles. The molecule has 2 heterocycles. The van der Waals surface area contributed by atoms with E-state index >= 15 is 0 Å². The van der Waals surface area contributed by atoms with Gasteiger partial charge in [0.25, 0.3) is 5.82 Å². The highest BCUT2D eigenvalue weighted by Gasteiger charge is 2.65. The average molecular weight is 289 g/mol. The molecule has 0 spiro atoms. The van der Waals surface area contributed by atoms with Gasteiger partial charge in [0, 0.05) is 0 Å². The third-order valence-electron chi connectivity index (χ3n) is 2.74. The lowest BCUT2D eigenvalue weighted by molar-refractivity contribution is -0.823. The van der Waals surface area contributed by atoms with Gasteiger partial charge in [-0.05, 0) is 24.2 Å². The van der Waals surface area contributed by atoms with E-state index in [9.17, 15) is 15.0 Å². The van der Waals surface area contributed by atoms with Crippen LogP contribution in [-0.4, -0.2) is 44.8 Å². The predicted octanol–water partition coefficient (Wildman–Crippen LogP) is -0.487. The van der Waals surface area contributed by atoms with Crippen LogP contribution >= 0.6 is 0 Å². The number of anilines is 2. The second-order valence-electron chi connectivity index (χ2n) is 4.62. The number of hydrogen-bond acceptors (Lipinski definition) is 9. The van der Waals surface area contributed by atoms with Crippen molar-refractivity contribution >= 4 is 11.6 Å². The molecule has 0 unspecified atom stereocenters. The van der Waals surface area contributed by atoms with Crippen LogP contribution < -0.4 is 11.2 Å². The van der Waals surface area contributed by atoms with Crippen LogP contribution in [0, 0.1) is 15.0 Å². The first-order chi connectivity index (χ1) is 9.27. The molecular weight excluding hydrogens is 276 g/mol. The first-order valence-corrected chi connectivity index (χ1v) is 5.51. The summed E-state index contributed by atoms with van der Waals surface area (Å²) in [7, 11) is 0. The van der Waals surface area contributed by atoms with E-state index in [4.69, 9.17) is 15.2 Å². The van der Waals surface area contributed by atoms with E-state index in [2.05, 4.69) is 20.4 Å². The van der Waals surface area contributed by atoms with Crippen LogP contribution in [0.25, 0.3) is 0 Å². The van der Waals surface area contributed by atoms with Crippen LogP contribution in [0.1, 0.15) is 13.8 Å². The summed E-state index contributed by atoms with van der Waals surface area (Å²) in [5.41, 5.74) is 5.28.